The van der Waals surface area contributed by atoms with E-state index in [-0.39, 0.29) is 10.3 Å². The first kappa shape index (κ1) is 12.0. The number of carboxylic acids is 1. The van der Waals surface area contributed by atoms with Crippen LogP contribution in [0.25, 0.3) is 0 Å². The summed E-state index contributed by atoms with van der Waals surface area (Å²) in [5.74, 6) is -0.957. The molecule has 1 aromatic heterocycles. The number of likely N-dealkylation sites (N-methyl/N-ethyl adjacent to an activating group) is 1. The minimum absolute atomic E-state index is 0.120. The summed E-state index contributed by atoms with van der Waals surface area (Å²) in [6.07, 6.45) is 0. The molecule has 0 spiro atoms. The van der Waals surface area contributed by atoms with E-state index in [1.807, 2.05) is 0 Å². The number of aromatic nitrogens is 2. The van der Waals surface area contributed by atoms with Crippen LogP contribution in [0.5, 0.6) is 0 Å². The molecule has 0 aliphatic rings. The lowest BCUT2D eigenvalue weighted by Crippen LogP contribution is -2.36. The second-order valence-electron chi connectivity index (χ2n) is 2.97. The van der Waals surface area contributed by atoms with E-state index in [1.165, 1.54) is 17.9 Å². The van der Waals surface area contributed by atoms with Crippen LogP contribution in [0.3, 0.4) is 0 Å². The molecule has 0 aromatic carbocycles. The Labute approximate surface area is 96.6 Å². The number of hydrogen-bond acceptors (Lipinski definition) is 4. The van der Waals surface area contributed by atoms with Crippen molar-refractivity contribution >= 4 is 34.9 Å². The first-order valence-corrected chi connectivity index (χ1v) is 4.83. The van der Waals surface area contributed by atoms with Crippen LogP contribution >= 0.6 is 23.2 Å². The summed E-state index contributed by atoms with van der Waals surface area (Å²) in [6.45, 7) is 1.53. The Morgan fingerprint density at radius 1 is 1.53 bits per heavy atom. The number of anilines is 1. The zero-order chi connectivity index (χ0) is 11.6. The molecule has 1 heterocycles. The second kappa shape index (κ2) is 4.63. The highest BCUT2D eigenvalue weighted by Crippen LogP contribution is 2.25. The minimum atomic E-state index is -0.957. The van der Waals surface area contributed by atoms with Crippen molar-refractivity contribution in [3.8, 4) is 0 Å². The Hall–Kier alpha value is -1.07. The SMILES string of the molecule is CC(C(=O)O)N(C)c1cc(Cl)nnc1Cl. The summed E-state index contributed by atoms with van der Waals surface area (Å²) < 4.78 is 0. The molecule has 5 nitrogen and oxygen atoms in total. The highest BCUT2D eigenvalue weighted by Gasteiger charge is 2.20. The van der Waals surface area contributed by atoms with E-state index in [0.717, 1.165) is 0 Å². The Kier molecular flexibility index (Phi) is 3.71. The van der Waals surface area contributed by atoms with E-state index < -0.39 is 12.0 Å². The standard InChI is InChI=1S/C8H9Cl2N3O2/c1-4(8(14)15)13(2)5-3-6(9)11-12-7(5)10/h3-4H,1-2H3,(H,14,15). The molecule has 0 saturated carbocycles. The Balaban J connectivity index is 3.04. The fraction of sp³-hybridized carbons (Fsp3) is 0.375. The number of aliphatic carboxylic acids is 1. The van der Waals surface area contributed by atoms with Crippen LogP contribution in [-0.4, -0.2) is 34.4 Å². The van der Waals surface area contributed by atoms with Crippen LogP contribution in [0.2, 0.25) is 10.3 Å². The Morgan fingerprint density at radius 3 is 2.67 bits per heavy atom. The second-order valence-corrected chi connectivity index (χ2v) is 3.71. The van der Waals surface area contributed by atoms with Gasteiger partial charge in [-0.2, -0.15) is 0 Å². The van der Waals surface area contributed by atoms with E-state index >= 15 is 0 Å². The van der Waals surface area contributed by atoms with Crippen LogP contribution in [0.1, 0.15) is 6.92 Å². The molecule has 0 bridgehead atoms. The molecule has 1 atom stereocenters. The van der Waals surface area contributed by atoms with Crippen molar-refractivity contribution in [2.75, 3.05) is 11.9 Å². The maximum Gasteiger partial charge on any atom is 0.326 e. The lowest BCUT2D eigenvalue weighted by molar-refractivity contribution is -0.138. The normalized spacial score (nSPS) is 12.3. The van der Waals surface area contributed by atoms with Crippen LogP contribution < -0.4 is 4.90 Å². The van der Waals surface area contributed by atoms with E-state index in [0.29, 0.717) is 5.69 Å². The zero-order valence-corrected chi connectivity index (χ0v) is 9.62. The highest BCUT2D eigenvalue weighted by atomic mass is 35.5. The van der Waals surface area contributed by atoms with E-state index in [2.05, 4.69) is 10.2 Å². The Morgan fingerprint density at radius 2 is 2.13 bits per heavy atom. The predicted molar refractivity (Wildman–Crippen MR) is 57.6 cm³/mol. The Bertz CT molecular complexity index is 386. The average molecular weight is 250 g/mol. The molecule has 1 N–H and O–H groups in total. The van der Waals surface area contributed by atoms with Crippen molar-refractivity contribution in [3.05, 3.63) is 16.4 Å². The molecule has 0 fully saturated rings. The average Bonchev–Trinajstić information content (AvgIpc) is 2.19. The molecular weight excluding hydrogens is 241 g/mol. The number of rotatable bonds is 3. The summed E-state index contributed by atoms with van der Waals surface area (Å²) in [4.78, 5) is 12.2. The number of hydrogen-bond donors (Lipinski definition) is 1. The van der Waals surface area contributed by atoms with Gasteiger partial charge in [0, 0.05) is 13.1 Å². The van der Waals surface area contributed by atoms with Crippen molar-refractivity contribution in [3.63, 3.8) is 0 Å². The predicted octanol–water partition coefficient (Wildman–Crippen LogP) is 1.69. The van der Waals surface area contributed by atoms with Crippen molar-refractivity contribution in [2.45, 2.75) is 13.0 Å². The minimum Gasteiger partial charge on any atom is -0.480 e. The van der Waals surface area contributed by atoms with E-state index in [9.17, 15) is 4.79 Å². The lowest BCUT2D eigenvalue weighted by Gasteiger charge is -2.23. The molecule has 82 valence electrons. The molecule has 7 heteroatoms. The van der Waals surface area contributed by atoms with E-state index in [1.54, 1.807) is 7.05 Å². The maximum absolute atomic E-state index is 10.8. The van der Waals surface area contributed by atoms with Crippen LogP contribution in [0, 0.1) is 0 Å². The van der Waals surface area contributed by atoms with Gasteiger partial charge in [0.2, 0.25) is 0 Å². The van der Waals surface area contributed by atoms with Gasteiger partial charge in [0.05, 0.1) is 5.69 Å². The third-order valence-electron chi connectivity index (χ3n) is 2.02. The summed E-state index contributed by atoms with van der Waals surface area (Å²) in [5, 5.41) is 16.2. The van der Waals surface area contributed by atoms with Crippen molar-refractivity contribution in [2.24, 2.45) is 0 Å². The molecular formula is C8H9Cl2N3O2. The lowest BCUT2D eigenvalue weighted by atomic mass is 10.3. The molecule has 1 unspecified atom stereocenters. The first-order valence-electron chi connectivity index (χ1n) is 4.08. The zero-order valence-electron chi connectivity index (χ0n) is 8.11. The third-order valence-corrected chi connectivity index (χ3v) is 2.47. The molecule has 1 aromatic rings. The third kappa shape index (κ3) is 2.70. The molecule has 0 amide bonds. The monoisotopic (exact) mass is 249 g/mol. The van der Waals surface area contributed by atoms with Crippen molar-refractivity contribution < 1.29 is 9.90 Å². The van der Waals surface area contributed by atoms with Gasteiger partial charge in [0.25, 0.3) is 0 Å². The first-order chi connectivity index (χ1) is 6.93. The summed E-state index contributed by atoms with van der Waals surface area (Å²) in [7, 11) is 1.60. The van der Waals surface area contributed by atoms with Crippen molar-refractivity contribution in [1.29, 1.82) is 0 Å². The van der Waals surface area contributed by atoms with Gasteiger partial charge >= 0.3 is 5.97 Å². The molecule has 15 heavy (non-hydrogen) atoms. The van der Waals surface area contributed by atoms with Gasteiger partial charge in [-0.1, -0.05) is 23.2 Å². The van der Waals surface area contributed by atoms with Gasteiger partial charge in [-0.3, -0.25) is 0 Å². The van der Waals surface area contributed by atoms with E-state index in [4.69, 9.17) is 28.3 Å². The number of nitrogens with zero attached hydrogens (tertiary/aromatic N) is 3. The number of carbonyl (C=O) groups is 1. The van der Waals surface area contributed by atoms with Crippen LogP contribution in [0.15, 0.2) is 6.07 Å². The molecule has 0 radical (unpaired) electrons. The molecule has 0 aliphatic carbocycles. The largest absolute Gasteiger partial charge is 0.480 e. The van der Waals surface area contributed by atoms with Gasteiger partial charge in [-0.15, -0.1) is 10.2 Å². The summed E-state index contributed by atoms with van der Waals surface area (Å²) in [6, 6.07) is 0.749. The smallest absolute Gasteiger partial charge is 0.326 e. The summed E-state index contributed by atoms with van der Waals surface area (Å²) in [5.41, 5.74) is 0.437. The van der Waals surface area contributed by atoms with Crippen LogP contribution in [-0.2, 0) is 4.79 Å². The van der Waals surface area contributed by atoms with Gasteiger partial charge in [0.15, 0.2) is 10.3 Å². The fourth-order valence-corrected chi connectivity index (χ4v) is 1.33. The molecule has 1 rings (SSSR count). The van der Waals surface area contributed by atoms with Crippen molar-refractivity contribution in [1.82, 2.24) is 10.2 Å². The van der Waals surface area contributed by atoms with Gasteiger partial charge in [-0.25, -0.2) is 4.79 Å². The topological polar surface area (TPSA) is 66.3 Å². The van der Waals surface area contributed by atoms with Gasteiger partial charge < -0.3 is 10.0 Å². The fourth-order valence-electron chi connectivity index (χ4n) is 0.966. The number of halogens is 2. The molecule has 0 aliphatic heterocycles. The van der Waals surface area contributed by atoms with Crippen LogP contribution in [0.4, 0.5) is 5.69 Å². The maximum atomic E-state index is 10.8. The number of carboxylic acid groups (broad SMARTS) is 1. The van der Waals surface area contributed by atoms with Gasteiger partial charge in [-0.05, 0) is 6.92 Å². The quantitative estimate of drug-likeness (QED) is 0.884. The summed E-state index contributed by atoms with van der Waals surface area (Å²) >= 11 is 11.4. The molecule has 0 saturated heterocycles. The van der Waals surface area contributed by atoms with Gasteiger partial charge in [0.1, 0.15) is 6.04 Å². The highest BCUT2D eigenvalue weighted by molar-refractivity contribution is 6.33.